The highest BCUT2D eigenvalue weighted by atomic mass is 32.1. The maximum atomic E-state index is 6.71. The Balaban J connectivity index is 1.17. The minimum Gasteiger partial charge on any atom is -0.455 e. The molecule has 0 N–H and O–H groups in total. The predicted octanol–water partition coefficient (Wildman–Crippen LogP) is 13.9. The normalized spacial score (nSPS) is 11.7. The van der Waals surface area contributed by atoms with Gasteiger partial charge in [-0.15, -0.1) is 11.3 Å². The van der Waals surface area contributed by atoms with E-state index < -0.39 is 0 Å². The minimum absolute atomic E-state index is 0.926. The van der Waals surface area contributed by atoms with Crippen molar-refractivity contribution in [1.82, 2.24) is 0 Å². The van der Waals surface area contributed by atoms with Gasteiger partial charge < -0.3 is 9.32 Å². The van der Waals surface area contributed by atoms with Crippen LogP contribution in [0.15, 0.2) is 180 Å². The molecule has 8 aromatic carbocycles. The SMILES string of the molecule is c1ccc(-c2ccc(N(c3ccc(-c4ccccc4)cc3)c3cccc4c3sc3ccc5c6cc7ccccc7cc6oc5c34)cc2)cc1. The maximum absolute atomic E-state index is 6.71. The van der Waals surface area contributed by atoms with Gasteiger partial charge in [0, 0.05) is 37.6 Å². The summed E-state index contributed by atoms with van der Waals surface area (Å²) >= 11 is 1.83. The van der Waals surface area contributed by atoms with E-state index in [2.05, 4.69) is 181 Å². The lowest BCUT2D eigenvalue weighted by atomic mass is 10.0. The fourth-order valence-corrected chi connectivity index (χ4v) is 8.46. The average molecular weight is 644 g/mol. The lowest BCUT2D eigenvalue weighted by molar-refractivity contribution is 0.673. The Morgan fingerprint density at radius 2 is 1.00 bits per heavy atom. The summed E-state index contributed by atoms with van der Waals surface area (Å²) in [6, 6.07) is 63.1. The van der Waals surface area contributed by atoms with Crippen LogP contribution in [0.4, 0.5) is 17.1 Å². The molecule has 0 spiro atoms. The van der Waals surface area contributed by atoms with E-state index >= 15 is 0 Å². The fourth-order valence-electron chi connectivity index (χ4n) is 7.26. The monoisotopic (exact) mass is 643 g/mol. The second-order valence-electron chi connectivity index (χ2n) is 12.5. The van der Waals surface area contributed by atoms with Crippen LogP contribution in [0.1, 0.15) is 0 Å². The van der Waals surface area contributed by atoms with Crippen LogP contribution in [0.25, 0.3) is 75.1 Å². The predicted molar refractivity (Wildman–Crippen MR) is 210 cm³/mol. The van der Waals surface area contributed by atoms with E-state index in [1.807, 2.05) is 11.3 Å². The molecule has 0 aliphatic rings. The van der Waals surface area contributed by atoms with Crippen LogP contribution in [0.2, 0.25) is 0 Å². The molecule has 0 amide bonds. The zero-order valence-corrected chi connectivity index (χ0v) is 27.3. The summed E-state index contributed by atoms with van der Waals surface area (Å²) in [7, 11) is 0. The molecule has 0 bridgehead atoms. The van der Waals surface area contributed by atoms with Gasteiger partial charge in [-0.1, -0.05) is 121 Å². The molecule has 0 atom stereocenters. The van der Waals surface area contributed by atoms with E-state index in [9.17, 15) is 0 Å². The number of anilines is 3. The molecule has 0 saturated heterocycles. The number of rotatable bonds is 5. The Morgan fingerprint density at radius 3 is 1.63 bits per heavy atom. The number of hydrogen-bond acceptors (Lipinski definition) is 3. The lowest BCUT2D eigenvalue weighted by Crippen LogP contribution is -2.10. The van der Waals surface area contributed by atoms with Crippen molar-refractivity contribution in [2.75, 3.05) is 4.90 Å². The van der Waals surface area contributed by atoms with Gasteiger partial charge >= 0.3 is 0 Å². The molecule has 0 unspecified atom stereocenters. The number of thiophene rings is 1. The second kappa shape index (κ2) is 11.2. The van der Waals surface area contributed by atoms with E-state index in [1.54, 1.807) is 0 Å². The van der Waals surface area contributed by atoms with Crippen LogP contribution in [0, 0.1) is 0 Å². The molecular weight excluding hydrogens is 615 g/mol. The average Bonchev–Trinajstić information content (AvgIpc) is 3.73. The summed E-state index contributed by atoms with van der Waals surface area (Å²) in [6.07, 6.45) is 0. The maximum Gasteiger partial charge on any atom is 0.144 e. The van der Waals surface area contributed by atoms with Crippen molar-refractivity contribution in [3.05, 3.63) is 176 Å². The molecule has 2 heterocycles. The summed E-state index contributed by atoms with van der Waals surface area (Å²) in [6.45, 7) is 0. The molecule has 230 valence electrons. The van der Waals surface area contributed by atoms with Crippen molar-refractivity contribution in [3.63, 3.8) is 0 Å². The van der Waals surface area contributed by atoms with Crippen LogP contribution in [0.5, 0.6) is 0 Å². The molecule has 0 aliphatic heterocycles. The first kappa shape index (κ1) is 27.9. The Kier molecular flexibility index (Phi) is 6.39. The summed E-state index contributed by atoms with van der Waals surface area (Å²) in [5, 5.41) is 7.11. The van der Waals surface area contributed by atoms with Crippen LogP contribution < -0.4 is 4.90 Å². The van der Waals surface area contributed by atoms with E-state index in [0.717, 1.165) is 39.0 Å². The number of fused-ring (bicyclic) bond motifs is 8. The molecule has 3 heteroatoms. The third-order valence-electron chi connectivity index (χ3n) is 9.65. The summed E-state index contributed by atoms with van der Waals surface area (Å²) in [4.78, 5) is 2.39. The Morgan fingerprint density at radius 1 is 0.429 bits per heavy atom. The highest BCUT2D eigenvalue weighted by Gasteiger charge is 2.21. The highest BCUT2D eigenvalue weighted by Crippen LogP contribution is 2.48. The van der Waals surface area contributed by atoms with E-state index in [-0.39, 0.29) is 0 Å². The molecule has 0 fully saturated rings. The van der Waals surface area contributed by atoms with Crippen molar-refractivity contribution >= 4 is 81.3 Å². The third kappa shape index (κ3) is 4.62. The van der Waals surface area contributed by atoms with Gasteiger partial charge in [0.05, 0.1) is 10.4 Å². The Hall–Kier alpha value is -6.16. The highest BCUT2D eigenvalue weighted by molar-refractivity contribution is 7.26. The topological polar surface area (TPSA) is 16.4 Å². The zero-order valence-electron chi connectivity index (χ0n) is 26.5. The quantitative estimate of drug-likeness (QED) is 0.186. The van der Waals surface area contributed by atoms with Gasteiger partial charge in [-0.05, 0) is 87.6 Å². The molecule has 2 nitrogen and oxygen atoms in total. The first-order chi connectivity index (χ1) is 24.3. The van der Waals surface area contributed by atoms with Crippen molar-refractivity contribution < 1.29 is 4.42 Å². The molecule has 0 aliphatic carbocycles. The minimum atomic E-state index is 0.926. The van der Waals surface area contributed by atoms with Crippen molar-refractivity contribution in [3.8, 4) is 22.3 Å². The number of hydrogen-bond donors (Lipinski definition) is 0. The Labute approximate surface area is 287 Å². The first-order valence-corrected chi connectivity index (χ1v) is 17.4. The molecule has 0 saturated carbocycles. The van der Waals surface area contributed by atoms with Crippen molar-refractivity contribution in [1.29, 1.82) is 0 Å². The fraction of sp³-hybridized carbons (Fsp3) is 0. The van der Waals surface area contributed by atoms with Gasteiger partial charge in [-0.25, -0.2) is 0 Å². The number of benzene rings is 8. The Bertz CT molecular complexity index is 2710. The third-order valence-corrected chi connectivity index (χ3v) is 10.8. The molecule has 49 heavy (non-hydrogen) atoms. The number of nitrogens with zero attached hydrogens (tertiary/aromatic N) is 1. The summed E-state index contributed by atoms with van der Waals surface area (Å²) < 4.78 is 9.16. The summed E-state index contributed by atoms with van der Waals surface area (Å²) in [5.41, 5.74) is 10.1. The van der Waals surface area contributed by atoms with E-state index in [4.69, 9.17) is 4.42 Å². The standard InChI is InChI=1S/C46H29NOS/c1-3-10-30(11-4-1)32-18-22-36(23-19-32)47(37-24-20-33(21-25-37)31-12-5-2-6-13-31)41-17-9-16-39-44-43(49-46(39)41)27-26-38-40-28-34-14-7-8-15-35(34)29-42(40)48-45(38)44/h1-29H. The molecule has 10 rings (SSSR count). The summed E-state index contributed by atoms with van der Waals surface area (Å²) in [5.74, 6) is 0. The smallest absolute Gasteiger partial charge is 0.144 e. The van der Waals surface area contributed by atoms with Gasteiger partial charge in [0.25, 0.3) is 0 Å². The van der Waals surface area contributed by atoms with Gasteiger partial charge in [-0.3, -0.25) is 0 Å². The van der Waals surface area contributed by atoms with Crippen LogP contribution in [-0.2, 0) is 0 Å². The first-order valence-electron chi connectivity index (χ1n) is 16.6. The van der Waals surface area contributed by atoms with Gasteiger partial charge in [0.2, 0.25) is 0 Å². The lowest BCUT2D eigenvalue weighted by Gasteiger charge is -2.26. The van der Waals surface area contributed by atoms with E-state index in [0.29, 0.717) is 0 Å². The zero-order chi connectivity index (χ0) is 32.3. The van der Waals surface area contributed by atoms with Gasteiger partial charge in [0.1, 0.15) is 11.2 Å². The molecule has 10 aromatic rings. The van der Waals surface area contributed by atoms with Gasteiger partial charge in [-0.2, -0.15) is 0 Å². The number of furan rings is 1. The van der Waals surface area contributed by atoms with Crippen molar-refractivity contribution in [2.24, 2.45) is 0 Å². The largest absolute Gasteiger partial charge is 0.455 e. The molecular formula is C46H29NOS. The van der Waals surface area contributed by atoms with Gasteiger partial charge in [0.15, 0.2) is 0 Å². The second-order valence-corrected chi connectivity index (χ2v) is 13.6. The van der Waals surface area contributed by atoms with Crippen LogP contribution >= 0.6 is 11.3 Å². The van der Waals surface area contributed by atoms with Crippen molar-refractivity contribution in [2.45, 2.75) is 0 Å². The van der Waals surface area contributed by atoms with Crippen LogP contribution in [0.3, 0.4) is 0 Å². The molecule has 2 aromatic heterocycles. The molecule has 0 radical (unpaired) electrons. The van der Waals surface area contributed by atoms with Crippen LogP contribution in [-0.4, -0.2) is 0 Å². The van der Waals surface area contributed by atoms with E-state index in [1.165, 1.54) is 53.2 Å².